The van der Waals surface area contributed by atoms with E-state index in [0.717, 1.165) is 18.1 Å². The van der Waals surface area contributed by atoms with Crippen molar-refractivity contribution in [3.63, 3.8) is 0 Å². The minimum atomic E-state index is -0.0626. The van der Waals surface area contributed by atoms with Crippen LogP contribution in [0.4, 0.5) is 0 Å². The maximum absolute atomic E-state index is 11.5. The van der Waals surface area contributed by atoms with Crippen molar-refractivity contribution in [2.45, 2.75) is 39.2 Å². The fourth-order valence-electron chi connectivity index (χ4n) is 2.93. The normalized spacial score (nSPS) is 16.4. The summed E-state index contributed by atoms with van der Waals surface area (Å²) in [5.41, 5.74) is 2.26. The number of rotatable bonds is 6. The van der Waals surface area contributed by atoms with E-state index in [1.54, 1.807) is 14.1 Å². The smallest absolute Gasteiger partial charge is 0.251 e. The largest absolute Gasteiger partial charge is 0.356 e. The monoisotopic (exact) mass is 316 g/mol. The molecule has 0 aromatic heterocycles. The maximum atomic E-state index is 11.5. The van der Waals surface area contributed by atoms with E-state index in [2.05, 4.69) is 27.9 Å². The quantitative estimate of drug-likeness (QED) is 0.557. The van der Waals surface area contributed by atoms with Gasteiger partial charge in [0.25, 0.3) is 5.91 Å². The summed E-state index contributed by atoms with van der Waals surface area (Å²) in [5, 5.41) is 9.40. The summed E-state index contributed by atoms with van der Waals surface area (Å²) < 4.78 is 0. The number of amides is 1. The Bertz CT molecular complexity index is 541. The first kappa shape index (κ1) is 17.3. The summed E-state index contributed by atoms with van der Waals surface area (Å²) in [6.45, 7) is 3.94. The molecule has 0 heterocycles. The molecule has 1 aliphatic rings. The number of nitrogens with zero attached hydrogens (tertiary/aromatic N) is 1. The Morgan fingerprint density at radius 3 is 2.39 bits per heavy atom. The fraction of sp³-hybridized carbons (Fsp3) is 0.556. The molecule has 126 valence electrons. The van der Waals surface area contributed by atoms with Gasteiger partial charge >= 0.3 is 0 Å². The van der Waals surface area contributed by atoms with Crippen LogP contribution in [0.15, 0.2) is 29.3 Å². The third kappa shape index (κ3) is 4.47. The number of hydrogen-bond donors (Lipinski definition) is 3. The van der Waals surface area contributed by atoms with Gasteiger partial charge in [-0.1, -0.05) is 25.5 Å². The van der Waals surface area contributed by atoms with E-state index in [1.165, 1.54) is 25.7 Å². The number of carbonyl (C=O) groups excluding carboxylic acids is 1. The van der Waals surface area contributed by atoms with E-state index in [1.807, 2.05) is 24.3 Å². The van der Waals surface area contributed by atoms with E-state index in [9.17, 15) is 4.79 Å². The lowest BCUT2D eigenvalue weighted by atomic mass is 9.67. The first-order valence-corrected chi connectivity index (χ1v) is 8.38. The summed E-state index contributed by atoms with van der Waals surface area (Å²) in [4.78, 5) is 15.8. The molecular formula is C18H28N4O. The van der Waals surface area contributed by atoms with Crippen molar-refractivity contribution in [1.29, 1.82) is 0 Å². The highest BCUT2D eigenvalue weighted by Gasteiger charge is 2.34. The zero-order chi connectivity index (χ0) is 16.7. The molecule has 0 radical (unpaired) electrons. The predicted molar refractivity (Wildman–Crippen MR) is 94.6 cm³/mol. The molecule has 0 aliphatic heterocycles. The predicted octanol–water partition coefficient (Wildman–Crippen LogP) is 2.29. The maximum Gasteiger partial charge on any atom is 0.251 e. The molecule has 0 spiro atoms. The van der Waals surface area contributed by atoms with Crippen molar-refractivity contribution in [3.8, 4) is 0 Å². The minimum Gasteiger partial charge on any atom is -0.356 e. The van der Waals surface area contributed by atoms with Gasteiger partial charge in [0.15, 0.2) is 5.96 Å². The van der Waals surface area contributed by atoms with Crippen LogP contribution in [0.25, 0.3) is 0 Å². The van der Waals surface area contributed by atoms with Crippen molar-refractivity contribution in [3.05, 3.63) is 35.4 Å². The Hall–Kier alpha value is -2.04. The van der Waals surface area contributed by atoms with Crippen LogP contribution in [0.2, 0.25) is 0 Å². The van der Waals surface area contributed by atoms with Gasteiger partial charge in [-0.15, -0.1) is 0 Å². The van der Waals surface area contributed by atoms with Crippen LogP contribution in [0.1, 0.15) is 48.5 Å². The number of benzene rings is 1. The molecule has 23 heavy (non-hydrogen) atoms. The number of hydrogen-bond acceptors (Lipinski definition) is 2. The molecule has 0 bridgehead atoms. The molecule has 1 saturated carbocycles. The standard InChI is InChI=1S/C18H28N4O/c1-4-18(10-5-11-18)13-22-17(20-3)21-12-14-6-8-15(9-7-14)16(23)19-2/h6-9H,4-5,10-13H2,1-3H3,(H,19,23)(H2,20,21,22). The van der Waals surface area contributed by atoms with E-state index >= 15 is 0 Å². The van der Waals surface area contributed by atoms with Crippen molar-refractivity contribution in [1.82, 2.24) is 16.0 Å². The number of guanidine groups is 1. The summed E-state index contributed by atoms with van der Waals surface area (Å²) in [5.74, 6) is 0.771. The third-order valence-electron chi connectivity index (χ3n) is 4.92. The van der Waals surface area contributed by atoms with Crippen LogP contribution in [0, 0.1) is 5.41 Å². The van der Waals surface area contributed by atoms with Gasteiger partial charge in [-0.2, -0.15) is 0 Å². The van der Waals surface area contributed by atoms with Gasteiger partial charge in [-0.05, 0) is 42.4 Å². The van der Waals surface area contributed by atoms with E-state index in [4.69, 9.17) is 0 Å². The molecule has 0 atom stereocenters. The summed E-state index contributed by atoms with van der Waals surface area (Å²) in [7, 11) is 3.43. The summed E-state index contributed by atoms with van der Waals surface area (Å²) >= 11 is 0. The van der Waals surface area contributed by atoms with Crippen LogP contribution in [0.5, 0.6) is 0 Å². The zero-order valence-electron chi connectivity index (χ0n) is 14.4. The first-order valence-electron chi connectivity index (χ1n) is 8.38. The second kappa shape index (κ2) is 7.99. The van der Waals surface area contributed by atoms with Crippen molar-refractivity contribution >= 4 is 11.9 Å². The molecule has 1 amide bonds. The van der Waals surface area contributed by atoms with Crippen LogP contribution >= 0.6 is 0 Å². The van der Waals surface area contributed by atoms with E-state index in [0.29, 0.717) is 17.5 Å². The lowest BCUT2D eigenvalue weighted by molar-refractivity contribution is 0.0963. The Kier molecular flexibility index (Phi) is 6.02. The van der Waals surface area contributed by atoms with Crippen LogP contribution in [-0.2, 0) is 6.54 Å². The van der Waals surface area contributed by atoms with Crippen molar-refractivity contribution in [2.75, 3.05) is 20.6 Å². The topological polar surface area (TPSA) is 65.5 Å². The molecule has 3 N–H and O–H groups in total. The Morgan fingerprint density at radius 2 is 1.91 bits per heavy atom. The van der Waals surface area contributed by atoms with Gasteiger partial charge in [0, 0.05) is 32.7 Å². The van der Waals surface area contributed by atoms with Gasteiger partial charge in [-0.25, -0.2) is 0 Å². The van der Waals surface area contributed by atoms with Crippen LogP contribution in [0.3, 0.4) is 0 Å². The molecule has 5 heteroatoms. The molecule has 1 aliphatic carbocycles. The lowest BCUT2D eigenvalue weighted by Crippen LogP contribution is -2.46. The highest BCUT2D eigenvalue weighted by Crippen LogP contribution is 2.42. The van der Waals surface area contributed by atoms with Crippen molar-refractivity contribution < 1.29 is 4.79 Å². The Balaban J connectivity index is 1.82. The highest BCUT2D eigenvalue weighted by molar-refractivity contribution is 5.93. The molecule has 1 aromatic rings. The van der Waals surface area contributed by atoms with E-state index in [-0.39, 0.29) is 5.91 Å². The fourth-order valence-corrected chi connectivity index (χ4v) is 2.93. The van der Waals surface area contributed by atoms with Crippen LogP contribution in [-0.4, -0.2) is 32.5 Å². The average molecular weight is 316 g/mol. The Morgan fingerprint density at radius 1 is 1.22 bits per heavy atom. The molecule has 1 aromatic carbocycles. The zero-order valence-corrected chi connectivity index (χ0v) is 14.4. The molecule has 0 saturated heterocycles. The minimum absolute atomic E-state index is 0.0626. The lowest BCUT2D eigenvalue weighted by Gasteiger charge is -2.41. The molecular weight excluding hydrogens is 288 g/mol. The second-order valence-corrected chi connectivity index (χ2v) is 6.26. The van der Waals surface area contributed by atoms with Crippen LogP contribution < -0.4 is 16.0 Å². The molecule has 0 unspecified atom stereocenters. The van der Waals surface area contributed by atoms with E-state index < -0.39 is 0 Å². The van der Waals surface area contributed by atoms with Gasteiger partial charge in [0.1, 0.15) is 0 Å². The molecule has 1 fully saturated rings. The number of nitrogens with one attached hydrogen (secondary N) is 3. The SMILES string of the molecule is CCC1(CNC(=NC)NCc2ccc(C(=O)NC)cc2)CCC1. The average Bonchev–Trinajstić information content (AvgIpc) is 2.56. The van der Waals surface area contributed by atoms with Gasteiger partial charge in [0.05, 0.1) is 0 Å². The summed E-state index contributed by atoms with van der Waals surface area (Å²) in [6.07, 6.45) is 5.19. The third-order valence-corrected chi connectivity index (χ3v) is 4.92. The molecule has 5 nitrogen and oxygen atoms in total. The highest BCUT2D eigenvalue weighted by atomic mass is 16.1. The summed E-state index contributed by atoms with van der Waals surface area (Å²) in [6, 6.07) is 7.60. The number of aliphatic imine (C=N–C) groups is 1. The van der Waals surface area contributed by atoms with Crippen molar-refractivity contribution in [2.24, 2.45) is 10.4 Å². The second-order valence-electron chi connectivity index (χ2n) is 6.26. The van der Waals surface area contributed by atoms with Gasteiger partial charge < -0.3 is 16.0 Å². The number of carbonyl (C=O) groups is 1. The first-order chi connectivity index (χ1) is 11.1. The van der Waals surface area contributed by atoms with Gasteiger partial charge in [-0.3, -0.25) is 9.79 Å². The van der Waals surface area contributed by atoms with Gasteiger partial charge in [0.2, 0.25) is 0 Å². The molecule has 2 rings (SSSR count). The Labute approximate surface area is 139 Å².